The van der Waals surface area contributed by atoms with Gasteiger partial charge in [-0.15, -0.1) is 0 Å². The molecule has 5 rings (SSSR count). The molecule has 0 radical (unpaired) electrons. The van der Waals surface area contributed by atoms with Gasteiger partial charge < -0.3 is 19.6 Å². The van der Waals surface area contributed by atoms with E-state index in [1.807, 2.05) is 17.0 Å². The third kappa shape index (κ3) is 5.73. The molecule has 0 aliphatic carbocycles. The number of hydrogen-bond donors (Lipinski definition) is 1. The molecule has 2 aromatic rings. The normalized spacial score (nSPS) is 19.8. The Balaban J connectivity index is 1.19. The Morgan fingerprint density at radius 3 is 2.61 bits per heavy atom. The van der Waals surface area contributed by atoms with Gasteiger partial charge in [-0.1, -0.05) is 30.3 Å². The van der Waals surface area contributed by atoms with Crippen molar-refractivity contribution in [2.75, 3.05) is 45.9 Å². The molecule has 2 aromatic carbocycles. The van der Waals surface area contributed by atoms with Crippen LogP contribution in [-0.4, -0.2) is 83.6 Å². The number of carbonyl (C=O) groups excluding carboxylic acids is 2. The second-order valence-corrected chi connectivity index (χ2v) is 10.5. The highest BCUT2D eigenvalue weighted by Crippen LogP contribution is 2.28. The predicted molar refractivity (Wildman–Crippen MR) is 138 cm³/mol. The van der Waals surface area contributed by atoms with E-state index in [2.05, 4.69) is 35.2 Å². The molecule has 3 aliphatic heterocycles. The first kappa shape index (κ1) is 24.8. The number of fused-ring (bicyclic) bond motifs is 2. The molecule has 36 heavy (non-hydrogen) atoms. The van der Waals surface area contributed by atoms with Crippen LogP contribution in [0.15, 0.2) is 42.5 Å². The van der Waals surface area contributed by atoms with Crippen molar-refractivity contribution >= 4 is 11.8 Å². The number of β-amino-alcohol motifs (C(OH)–C–C–N with tert-alkyl or cyclic N) is 1. The summed E-state index contributed by atoms with van der Waals surface area (Å²) < 4.78 is 5.91. The van der Waals surface area contributed by atoms with Crippen LogP contribution in [0.25, 0.3) is 0 Å². The number of nitrogens with zero attached hydrogens (tertiary/aromatic N) is 3. The highest BCUT2D eigenvalue weighted by molar-refractivity contribution is 5.97. The maximum Gasteiger partial charge on any atom is 0.257 e. The van der Waals surface area contributed by atoms with Gasteiger partial charge in [-0.05, 0) is 60.4 Å². The van der Waals surface area contributed by atoms with Gasteiger partial charge in [-0.25, -0.2) is 0 Å². The molecule has 1 N–H and O–H groups in total. The van der Waals surface area contributed by atoms with E-state index in [1.54, 1.807) is 11.8 Å². The predicted octanol–water partition coefficient (Wildman–Crippen LogP) is 2.74. The SMILES string of the molecule is CC(=O)N1CCC(Cc2ccc3c(c2)C(=O)N(CC(O)CN2CCc4ccccc4C2)CCO3)CC1. The van der Waals surface area contributed by atoms with Gasteiger partial charge in [0, 0.05) is 46.2 Å². The molecule has 1 fully saturated rings. The smallest absolute Gasteiger partial charge is 0.257 e. The zero-order valence-corrected chi connectivity index (χ0v) is 21.2. The van der Waals surface area contributed by atoms with Crippen molar-refractivity contribution in [1.29, 1.82) is 0 Å². The van der Waals surface area contributed by atoms with Gasteiger partial charge >= 0.3 is 0 Å². The minimum Gasteiger partial charge on any atom is -0.491 e. The van der Waals surface area contributed by atoms with Gasteiger partial charge in [0.1, 0.15) is 12.4 Å². The number of likely N-dealkylation sites (tertiary alicyclic amines) is 1. The van der Waals surface area contributed by atoms with E-state index in [-0.39, 0.29) is 11.8 Å². The van der Waals surface area contributed by atoms with Gasteiger partial charge in [-0.2, -0.15) is 0 Å². The molecule has 192 valence electrons. The average Bonchev–Trinajstić information content (AvgIpc) is 3.03. The second kappa shape index (κ2) is 11.0. The van der Waals surface area contributed by atoms with Crippen LogP contribution in [-0.2, 0) is 24.2 Å². The Labute approximate surface area is 213 Å². The second-order valence-electron chi connectivity index (χ2n) is 10.5. The van der Waals surface area contributed by atoms with E-state index in [1.165, 1.54) is 11.1 Å². The Bertz CT molecular complexity index is 1100. The van der Waals surface area contributed by atoms with Gasteiger partial charge in [0.05, 0.1) is 18.2 Å². The number of aliphatic hydroxyl groups excluding tert-OH is 1. The fourth-order valence-electron chi connectivity index (χ4n) is 5.81. The Morgan fingerprint density at radius 2 is 1.83 bits per heavy atom. The van der Waals surface area contributed by atoms with Crippen LogP contribution in [0, 0.1) is 5.92 Å². The largest absolute Gasteiger partial charge is 0.491 e. The number of aliphatic hydroxyl groups is 1. The number of rotatable bonds is 6. The molecule has 7 nitrogen and oxygen atoms in total. The summed E-state index contributed by atoms with van der Waals surface area (Å²) in [4.78, 5) is 31.0. The summed E-state index contributed by atoms with van der Waals surface area (Å²) in [6.45, 7) is 6.73. The maximum absolute atomic E-state index is 13.5. The monoisotopic (exact) mass is 491 g/mol. The Kier molecular flexibility index (Phi) is 7.58. The van der Waals surface area contributed by atoms with Crippen LogP contribution in [0.1, 0.15) is 46.8 Å². The zero-order chi connectivity index (χ0) is 25.1. The Hall–Kier alpha value is -2.90. The van der Waals surface area contributed by atoms with E-state index in [0.717, 1.165) is 57.4 Å². The summed E-state index contributed by atoms with van der Waals surface area (Å²) in [5.74, 6) is 1.21. The number of carbonyl (C=O) groups is 2. The maximum atomic E-state index is 13.5. The average molecular weight is 492 g/mol. The zero-order valence-electron chi connectivity index (χ0n) is 21.2. The fourth-order valence-corrected chi connectivity index (χ4v) is 5.81. The summed E-state index contributed by atoms with van der Waals surface area (Å²) in [5.41, 5.74) is 4.43. The molecule has 3 heterocycles. The van der Waals surface area contributed by atoms with Crippen LogP contribution >= 0.6 is 0 Å². The fraction of sp³-hybridized carbons (Fsp3) is 0.517. The van der Waals surface area contributed by atoms with E-state index < -0.39 is 6.10 Å². The van der Waals surface area contributed by atoms with E-state index >= 15 is 0 Å². The molecule has 0 bridgehead atoms. The van der Waals surface area contributed by atoms with Crippen LogP contribution in [0.5, 0.6) is 5.75 Å². The molecule has 3 aliphatic rings. The van der Waals surface area contributed by atoms with Crippen LogP contribution in [0.3, 0.4) is 0 Å². The van der Waals surface area contributed by atoms with Crippen molar-refractivity contribution in [1.82, 2.24) is 14.7 Å². The summed E-state index contributed by atoms with van der Waals surface area (Å²) in [7, 11) is 0. The van der Waals surface area contributed by atoms with Crippen molar-refractivity contribution in [2.24, 2.45) is 5.92 Å². The first-order valence-corrected chi connectivity index (χ1v) is 13.2. The molecule has 0 saturated carbocycles. The molecule has 1 unspecified atom stereocenters. The third-order valence-corrected chi connectivity index (χ3v) is 7.87. The lowest BCUT2D eigenvalue weighted by Crippen LogP contribution is -2.44. The minimum absolute atomic E-state index is 0.0706. The van der Waals surface area contributed by atoms with Crippen molar-refractivity contribution < 1.29 is 19.4 Å². The molecular weight excluding hydrogens is 454 g/mol. The van der Waals surface area contributed by atoms with Crippen LogP contribution < -0.4 is 4.74 Å². The number of hydrogen-bond acceptors (Lipinski definition) is 5. The lowest BCUT2D eigenvalue weighted by Gasteiger charge is -2.32. The topological polar surface area (TPSA) is 73.3 Å². The van der Waals surface area contributed by atoms with Crippen molar-refractivity contribution in [3.05, 3.63) is 64.7 Å². The lowest BCUT2D eigenvalue weighted by atomic mass is 9.89. The number of piperidine rings is 1. The molecule has 2 amide bonds. The molecule has 1 atom stereocenters. The highest BCUT2D eigenvalue weighted by atomic mass is 16.5. The van der Waals surface area contributed by atoms with E-state index in [0.29, 0.717) is 43.5 Å². The van der Waals surface area contributed by atoms with Gasteiger partial charge in [0.2, 0.25) is 5.91 Å². The van der Waals surface area contributed by atoms with Crippen LogP contribution in [0.2, 0.25) is 0 Å². The lowest BCUT2D eigenvalue weighted by molar-refractivity contribution is -0.130. The first-order chi connectivity index (χ1) is 17.5. The molecular formula is C29H37N3O4. The van der Waals surface area contributed by atoms with Crippen molar-refractivity contribution in [3.8, 4) is 5.75 Å². The first-order valence-electron chi connectivity index (χ1n) is 13.2. The number of amides is 2. The summed E-state index contributed by atoms with van der Waals surface area (Å²) in [5, 5.41) is 10.9. The van der Waals surface area contributed by atoms with Gasteiger partial charge in [0.25, 0.3) is 5.91 Å². The number of benzene rings is 2. The standard InChI is InChI=1S/C29H37N3O4/c1-21(33)31-12-8-22(9-13-31)16-23-6-7-28-27(17-23)29(35)32(14-15-36-28)20-26(34)19-30-11-10-24-4-2-3-5-25(24)18-30/h2-7,17,22,26,34H,8-16,18-20H2,1H3. The molecule has 1 saturated heterocycles. The van der Waals surface area contributed by atoms with Gasteiger partial charge in [-0.3, -0.25) is 14.5 Å². The molecule has 0 aromatic heterocycles. The minimum atomic E-state index is -0.615. The Morgan fingerprint density at radius 1 is 1.06 bits per heavy atom. The van der Waals surface area contributed by atoms with E-state index in [4.69, 9.17) is 4.74 Å². The third-order valence-electron chi connectivity index (χ3n) is 7.87. The summed E-state index contributed by atoms with van der Waals surface area (Å²) in [6.07, 6.45) is 3.24. The van der Waals surface area contributed by atoms with E-state index in [9.17, 15) is 14.7 Å². The van der Waals surface area contributed by atoms with Crippen molar-refractivity contribution in [2.45, 2.75) is 45.3 Å². The van der Waals surface area contributed by atoms with Crippen LogP contribution in [0.4, 0.5) is 0 Å². The van der Waals surface area contributed by atoms with Gasteiger partial charge in [0.15, 0.2) is 0 Å². The highest BCUT2D eigenvalue weighted by Gasteiger charge is 2.28. The quantitative estimate of drug-likeness (QED) is 0.673. The summed E-state index contributed by atoms with van der Waals surface area (Å²) in [6, 6.07) is 14.4. The molecule has 0 spiro atoms. The number of ether oxygens (including phenoxy) is 1. The van der Waals surface area contributed by atoms with Crippen molar-refractivity contribution in [3.63, 3.8) is 0 Å². The summed E-state index contributed by atoms with van der Waals surface area (Å²) >= 11 is 0. The molecule has 7 heteroatoms.